The van der Waals surface area contributed by atoms with Gasteiger partial charge in [0.15, 0.2) is 0 Å². The van der Waals surface area contributed by atoms with Crippen LogP contribution in [0.15, 0.2) is 42.5 Å². The summed E-state index contributed by atoms with van der Waals surface area (Å²) in [5.74, 6) is -2.25. The van der Waals surface area contributed by atoms with Gasteiger partial charge in [-0.1, -0.05) is 35.9 Å². The van der Waals surface area contributed by atoms with E-state index in [1.54, 1.807) is 6.07 Å². The van der Waals surface area contributed by atoms with Gasteiger partial charge >= 0.3 is 5.97 Å². The Kier molecular flexibility index (Phi) is 4.55. The summed E-state index contributed by atoms with van der Waals surface area (Å²) in [6.45, 7) is 0. The fourth-order valence-corrected chi connectivity index (χ4v) is 2.05. The molecule has 21 heavy (non-hydrogen) atoms. The molecule has 2 rings (SSSR count). The number of hydrogen-bond donors (Lipinski definition) is 2. The zero-order chi connectivity index (χ0) is 15.4. The molecule has 0 saturated carbocycles. The Morgan fingerprint density at radius 2 is 1.86 bits per heavy atom. The van der Waals surface area contributed by atoms with E-state index in [2.05, 4.69) is 5.32 Å². The molecule has 0 heterocycles. The van der Waals surface area contributed by atoms with Gasteiger partial charge in [0.2, 0.25) is 5.91 Å². The summed E-state index contributed by atoms with van der Waals surface area (Å²) in [5.41, 5.74) is 0.108. The normalized spacial score (nSPS) is 10.2. The second-order valence-electron chi connectivity index (χ2n) is 4.28. The van der Waals surface area contributed by atoms with Crippen LogP contribution >= 0.6 is 11.6 Å². The van der Waals surface area contributed by atoms with Gasteiger partial charge < -0.3 is 10.4 Å². The third kappa shape index (κ3) is 3.58. The first-order valence-corrected chi connectivity index (χ1v) is 6.42. The van der Waals surface area contributed by atoms with Gasteiger partial charge in [0.05, 0.1) is 22.7 Å². The van der Waals surface area contributed by atoms with Crippen molar-refractivity contribution in [2.24, 2.45) is 0 Å². The van der Waals surface area contributed by atoms with Crippen molar-refractivity contribution in [3.63, 3.8) is 0 Å². The van der Waals surface area contributed by atoms with Crippen molar-refractivity contribution in [1.82, 2.24) is 0 Å². The average molecular weight is 308 g/mol. The van der Waals surface area contributed by atoms with E-state index in [1.807, 2.05) is 0 Å². The van der Waals surface area contributed by atoms with Crippen molar-refractivity contribution in [3.8, 4) is 0 Å². The van der Waals surface area contributed by atoms with E-state index in [-0.39, 0.29) is 28.3 Å². The Morgan fingerprint density at radius 1 is 1.14 bits per heavy atom. The minimum atomic E-state index is -1.21. The topological polar surface area (TPSA) is 66.4 Å². The molecule has 4 nitrogen and oxygen atoms in total. The van der Waals surface area contributed by atoms with Gasteiger partial charge in [-0.15, -0.1) is 0 Å². The van der Waals surface area contributed by atoms with E-state index < -0.39 is 17.7 Å². The zero-order valence-corrected chi connectivity index (χ0v) is 11.5. The molecule has 0 aliphatic carbocycles. The molecule has 0 aliphatic rings. The van der Waals surface area contributed by atoms with Crippen molar-refractivity contribution < 1.29 is 19.1 Å². The van der Waals surface area contributed by atoms with Crippen LogP contribution in [-0.4, -0.2) is 17.0 Å². The number of hydrogen-bond acceptors (Lipinski definition) is 2. The van der Waals surface area contributed by atoms with Crippen LogP contribution in [-0.2, 0) is 11.2 Å². The third-order valence-corrected chi connectivity index (χ3v) is 3.13. The summed E-state index contributed by atoms with van der Waals surface area (Å²) < 4.78 is 13.5. The lowest BCUT2D eigenvalue weighted by Crippen LogP contribution is -2.17. The van der Waals surface area contributed by atoms with Crippen molar-refractivity contribution in [2.45, 2.75) is 6.42 Å². The average Bonchev–Trinajstić information content (AvgIpc) is 2.43. The molecule has 1 amide bonds. The number of anilines is 1. The highest BCUT2D eigenvalue weighted by atomic mass is 35.5. The van der Waals surface area contributed by atoms with Gasteiger partial charge in [-0.05, 0) is 23.8 Å². The number of carbonyl (C=O) groups is 2. The minimum Gasteiger partial charge on any atom is -0.478 e. The SMILES string of the molecule is O=C(Cc1ccccc1F)Nc1c(Cl)cccc1C(=O)O. The number of halogens is 2. The van der Waals surface area contributed by atoms with Gasteiger partial charge in [-0.25, -0.2) is 9.18 Å². The molecular formula is C15H11ClFNO3. The Hall–Kier alpha value is -2.40. The van der Waals surface area contributed by atoms with Crippen molar-refractivity contribution >= 4 is 29.2 Å². The van der Waals surface area contributed by atoms with Crippen LogP contribution in [0, 0.1) is 5.82 Å². The first-order valence-electron chi connectivity index (χ1n) is 6.04. The number of carboxylic acid groups (broad SMARTS) is 1. The molecular weight excluding hydrogens is 297 g/mol. The first-order chi connectivity index (χ1) is 9.99. The molecule has 0 unspecified atom stereocenters. The standard InChI is InChI=1S/C15H11ClFNO3/c16-11-6-3-5-10(15(20)21)14(11)18-13(19)8-9-4-1-2-7-12(9)17/h1-7H,8H2,(H,18,19)(H,20,21). The van der Waals surface area contributed by atoms with Crippen molar-refractivity contribution in [1.29, 1.82) is 0 Å². The van der Waals surface area contributed by atoms with Crippen LogP contribution in [0.1, 0.15) is 15.9 Å². The molecule has 0 fully saturated rings. The van der Waals surface area contributed by atoms with Gasteiger partial charge in [-0.3, -0.25) is 4.79 Å². The number of aromatic carboxylic acids is 1. The molecule has 2 N–H and O–H groups in total. The highest BCUT2D eigenvalue weighted by Crippen LogP contribution is 2.26. The summed E-state index contributed by atoms with van der Waals surface area (Å²) in [6, 6.07) is 10.1. The summed E-state index contributed by atoms with van der Waals surface area (Å²) in [5, 5.41) is 11.6. The fraction of sp³-hybridized carbons (Fsp3) is 0.0667. The molecule has 0 spiro atoms. The maximum Gasteiger partial charge on any atom is 0.337 e. The smallest absolute Gasteiger partial charge is 0.337 e. The number of rotatable bonds is 4. The Labute approximate surface area is 125 Å². The second-order valence-corrected chi connectivity index (χ2v) is 4.69. The molecule has 0 aliphatic heterocycles. The van der Waals surface area contributed by atoms with E-state index in [4.69, 9.17) is 16.7 Å². The predicted octanol–water partition coefficient (Wildman–Crippen LogP) is 3.36. The number of benzene rings is 2. The van der Waals surface area contributed by atoms with Crippen molar-refractivity contribution in [3.05, 3.63) is 64.4 Å². The molecule has 2 aromatic carbocycles. The number of amides is 1. The van der Waals surface area contributed by atoms with E-state index in [9.17, 15) is 14.0 Å². The van der Waals surface area contributed by atoms with Gasteiger partial charge in [0, 0.05) is 0 Å². The second kappa shape index (κ2) is 6.37. The van der Waals surface area contributed by atoms with Gasteiger partial charge in [0.1, 0.15) is 5.82 Å². The monoisotopic (exact) mass is 307 g/mol. The molecule has 0 aromatic heterocycles. The molecule has 6 heteroatoms. The maximum atomic E-state index is 13.5. The molecule has 0 bridgehead atoms. The van der Waals surface area contributed by atoms with Crippen LogP contribution < -0.4 is 5.32 Å². The Bertz CT molecular complexity index is 703. The minimum absolute atomic E-state index is 0.00741. The molecule has 108 valence electrons. The van der Waals surface area contributed by atoms with E-state index >= 15 is 0 Å². The van der Waals surface area contributed by atoms with E-state index in [0.29, 0.717) is 0 Å². The summed E-state index contributed by atoms with van der Waals surface area (Å²) in [7, 11) is 0. The lowest BCUT2D eigenvalue weighted by atomic mass is 10.1. The summed E-state index contributed by atoms with van der Waals surface area (Å²) in [6.07, 6.45) is -0.211. The predicted molar refractivity (Wildman–Crippen MR) is 77.1 cm³/mol. The van der Waals surface area contributed by atoms with E-state index in [1.165, 1.54) is 36.4 Å². The Balaban J connectivity index is 2.21. The number of carboxylic acids is 1. The van der Waals surface area contributed by atoms with Crippen molar-refractivity contribution in [2.75, 3.05) is 5.32 Å². The van der Waals surface area contributed by atoms with Gasteiger partial charge in [0.25, 0.3) is 0 Å². The molecule has 0 radical (unpaired) electrons. The lowest BCUT2D eigenvalue weighted by molar-refractivity contribution is -0.115. The first kappa shape index (κ1) is 15.0. The molecule has 0 atom stereocenters. The number of carbonyl (C=O) groups excluding carboxylic acids is 1. The van der Waals surface area contributed by atoms with E-state index in [0.717, 1.165) is 0 Å². The lowest BCUT2D eigenvalue weighted by Gasteiger charge is -2.10. The largest absolute Gasteiger partial charge is 0.478 e. The van der Waals surface area contributed by atoms with Crippen LogP contribution in [0.25, 0.3) is 0 Å². The summed E-state index contributed by atoms with van der Waals surface area (Å²) >= 11 is 5.90. The highest BCUT2D eigenvalue weighted by molar-refractivity contribution is 6.34. The zero-order valence-electron chi connectivity index (χ0n) is 10.8. The molecule has 0 saturated heterocycles. The van der Waals surface area contributed by atoms with Crippen LogP contribution in [0.4, 0.5) is 10.1 Å². The summed E-state index contributed by atoms with van der Waals surface area (Å²) in [4.78, 5) is 23.0. The number of para-hydroxylation sites is 1. The van der Waals surface area contributed by atoms with Crippen LogP contribution in [0.2, 0.25) is 5.02 Å². The van der Waals surface area contributed by atoms with Gasteiger partial charge in [-0.2, -0.15) is 0 Å². The highest BCUT2D eigenvalue weighted by Gasteiger charge is 2.16. The third-order valence-electron chi connectivity index (χ3n) is 2.82. The number of nitrogens with one attached hydrogen (secondary N) is 1. The van der Waals surface area contributed by atoms with Crippen LogP contribution in [0.5, 0.6) is 0 Å². The van der Waals surface area contributed by atoms with Crippen LogP contribution in [0.3, 0.4) is 0 Å². The Morgan fingerprint density at radius 3 is 2.52 bits per heavy atom. The fourth-order valence-electron chi connectivity index (χ4n) is 1.83. The quantitative estimate of drug-likeness (QED) is 0.910. The maximum absolute atomic E-state index is 13.5. The molecule has 2 aromatic rings.